The number of anilines is 1. The molecule has 0 radical (unpaired) electrons. The van der Waals surface area contributed by atoms with Crippen LogP contribution >= 0.6 is 0 Å². The van der Waals surface area contributed by atoms with Crippen LogP contribution in [0.1, 0.15) is 10.4 Å². The first-order valence-corrected chi connectivity index (χ1v) is 8.46. The molecule has 0 aliphatic carbocycles. The van der Waals surface area contributed by atoms with E-state index in [4.69, 9.17) is 14.2 Å². The van der Waals surface area contributed by atoms with Crippen molar-refractivity contribution in [1.29, 1.82) is 0 Å². The third kappa shape index (κ3) is 6.63. The minimum Gasteiger partial charge on any atom is -0.491 e. The minimum absolute atomic E-state index is 0.0332. The number of hydrogen-bond acceptors (Lipinski definition) is 5. The highest BCUT2D eigenvalue weighted by molar-refractivity contribution is 6.04. The summed E-state index contributed by atoms with van der Waals surface area (Å²) in [6.07, 6.45) is 0. The van der Waals surface area contributed by atoms with Crippen molar-refractivity contribution >= 4 is 17.5 Å². The van der Waals surface area contributed by atoms with E-state index in [9.17, 15) is 9.59 Å². The van der Waals surface area contributed by atoms with Crippen molar-refractivity contribution in [3.05, 3.63) is 54.1 Å². The summed E-state index contributed by atoms with van der Waals surface area (Å²) in [5.41, 5.74) is 1.11. The molecular weight excluding hydrogens is 348 g/mol. The number of benzene rings is 2. The van der Waals surface area contributed by atoms with Crippen molar-refractivity contribution < 1.29 is 23.8 Å². The summed E-state index contributed by atoms with van der Waals surface area (Å²) < 4.78 is 15.9. The molecule has 144 valence electrons. The summed E-state index contributed by atoms with van der Waals surface area (Å²) in [5, 5.41) is 2.81. The predicted octanol–water partition coefficient (Wildman–Crippen LogP) is 2.43. The second-order valence-electron chi connectivity index (χ2n) is 5.92. The van der Waals surface area contributed by atoms with Crippen LogP contribution in [-0.2, 0) is 9.53 Å². The van der Waals surface area contributed by atoms with Gasteiger partial charge in [-0.25, -0.2) is 0 Å². The zero-order valence-electron chi connectivity index (χ0n) is 15.7. The van der Waals surface area contributed by atoms with Crippen LogP contribution in [0.5, 0.6) is 11.5 Å². The summed E-state index contributed by atoms with van der Waals surface area (Å²) in [7, 11) is 4.94. The Labute approximate surface area is 158 Å². The van der Waals surface area contributed by atoms with E-state index in [-0.39, 0.29) is 18.4 Å². The average Bonchev–Trinajstić information content (AvgIpc) is 2.67. The third-order valence-corrected chi connectivity index (χ3v) is 3.63. The lowest BCUT2D eigenvalue weighted by Crippen LogP contribution is -2.27. The lowest BCUT2D eigenvalue weighted by atomic mass is 10.2. The SMILES string of the molecule is COCCOc1cccc(C(=O)Nc2ccc(OCC(=O)N(C)C)cc2)c1. The maximum Gasteiger partial charge on any atom is 0.259 e. The van der Waals surface area contributed by atoms with E-state index >= 15 is 0 Å². The van der Waals surface area contributed by atoms with Crippen molar-refractivity contribution in [1.82, 2.24) is 4.90 Å². The van der Waals surface area contributed by atoms with Crippen LogP contribution < -0.4 is 14.8 Å². The molecule has 0 unspecified atom stereocenters. The number of amides is 2. The highest BCUT2D eigenvalue weighted by Gasteiger charge is 2.08. The van der Waals surface area contributed by atoms with Gasteiger partial charge in [0.2, 0.25) is 0 Å². The van der Waals surface area contributed by atoms with E-state index in [1.165, 1.54) is 4.90 Å². The van der Waals surface area contributed by atoms with Gasteiger partial charge >= 0.3 is 0 Å². The lowest BCUT2D eigenvalue weighted by Gasteiger charge is -2.12. The van der Waals surface area contributed by atoms with Crippen LogP contribution in [0, 0.1) is 0 Å². The fraction of sp³-hybridized carbons (Fsp3) is 0.300. The number of methoxy groups -OCH3 is 1. The molecule has 27 heavy (non-hydrogen) atoms. The maximum absolute atomic E-state index is 12.4. The van der Waals surface area contributed by atoms with Gasteiger partial charge < -0.3 is 24.4 Å². The summed E-state index contributed by atoms with van der Waals surface area (Å²) in [6, 6.07) is 13.8. The summed E-state index contributed by atoms with van der Waals surface area (Å²) in [4.78, 5) is 25.4. The Balaban J connectivity index is 1.91. The molecule has 0 atom stereocenters. The Morgan fingerprint density at radius 1 is 0.963 bits per heavy atom. The minimum atomic E-state index is -0.247. The summed E-state index contributed by atoms with van der Waals surface area (Å²) >= 11 is 0. The topological polar surface area (TPSA) is 77.1 Å². The van der Waals surface area contributed by atoms with Crippen molar-refractivity contribution in [3.8, 4) is 11.5 Å². The smallest absolute Gasteiger partial charge is 0.259 e. The number of likely N-dealkylation sites (N-methyl/N-ethyl adjacent to an activating group) is 1. The molecule has 2 aromatic rings. The van der Waals surface area contributed by atoms with Gasteiger partial charge in [0.15, 0.2) is 6.61 Å². The zero-order valence-corrected chi connectivity index (χ0v) is 15.7. The standard InChI is InChI=1S/C20H24N2O5/c1-22(2)19(23)14-27-17-9-7-16(8-10-17)21-20(24)15-5-4-6-18(13-15)26-12-11-25-3/h4-10,13H,11-12,14H2,1-3H3,(H,21,24). The molecule has 7 nitrogen and oxygen atoms in total. The van der Waals surface area contributed by atoms with E-state index in [1.807, 2.05) is 0 Å². The van der Waals surface area contributed by atoms with Gasteiger partial charge in [0.05, 0.1) is 6.61 Å². The number of nitrogens with one attached hydrogen (secondary N) is 1. The van der Waals surface area contributed by atoms with E-state index in [0.29, 0.717) is 36.0 Å². The first kappa shape index (κ1) is 20.3. The second kappa shape index (κ2) is 10.2. The molecule has 0 bridgehead atoms. The van der Waals surface area contributed by atoms with Crippen molar-refractivity contribution in [2.75, 3.05) is 46.3 Å². The average molecular weight is 372 g/mol. The lowest BCUT2D eigenvalue weighted by molar-refractivity contribution is -0.130. The van der Waals surface area contributed by atoms with Gasteiger partial charge in [0.1, 0.15) is 18.1 Å². The molecule has 2 aromatic carbocycles. The van der Waals surface area contributed by atoms with E-state index in [2.05, 4.69) is 5.32 Å². The van der Waals surface area contributed by atoms with Crippen LogP contribution in [0.4, 0.5) is 5.69 Å². The largest absolute Gasteiger partial charge is 0.491 e. The normalized spacial score (nSPS) is 10.2. The highest BCUT2D eigenvalue weighted by Crippen LogP contribution is 2.18. The number of hydrogen-bond donors (Lipinski definition) is 1. The Hall–Kier alpha value is -3.06. The number of ether oxygens (including phenoxy) is 3. The quantitative estimate of drug-likeness (QED) is 0.684. The van der Waals surface area contributed by atoms with E-state index in [1.54, 1.807) is 69.7 Å². The Bertz CT molecular complexity index is 759. The molecule has 2 rings (SSSR count). The van der Waals surface area contributed by atoms with Crippen molar-refractivity contribution in [3.63, 3.8) is 0 Å². The first-order chi connectivity index (χ1) is 13.0. The monoisotopic (exact) mass is 372 g/mol. The number of carbonyl (C=O) groups excluding carboxylic acids is 2. The fourth-order valence-electron chi connectivity index (χ4n) is 2.08. The van der Waals surface area contributed by atoms with Gasteiger partial charge in [-0.1, -0.05) is 6.07 Å². The molecule has 1 N–H and O–H groups in total. The van der Waals surface area contributed by atoms with Crippen molar-refractivity contribution in [2.45, 2.75) is 0 Å². The molecule has 0 heterocycles. The summed E-state index contributed by atoms with van der Waals surface area (Å²) in [5.74, 6) is 0.786. The molecule has 0 aliphatic heterocycles. The van der Waals surface area contributed by atoms with Crippen LogP contribution in [-0.4, -0.2) is 57.7 Å². The predicted molar refractivity (Wildman–Crippen MR) is 102 cm³/mol. The van der Waals surface area contributed by atoms with Crippen LogP contribution in [0.3, 0.4) is 0 Å². The van der Waals surface area contributed by atoms with Gasteiger partial charge in [-0.3, -0.25) is 9.59 Å². The molecule has 0 aliphatic rings. The molecule has 0 saturated heterocycles. The molecule has 0 saturated carbocycles. The molecule has 2 amide bonds. The van der Waals surface area contributed by atoms with E-state index in [0.717, 1.165) is 0 Å². The second-order valence-corrected chi connectivity index (χ2v) is 5.92. The van der Waals surface area contributed by atoms with Gasteiger partial charge in [0, 0.05) is 32.5 Å². The summed E-state index contributed by atoms with van der Waals surface area (Å²) in [6.45, 7) is 0.860. The Morgan fingerprint density at radius 3 is 2.37 bits per heavy atom. The Morgan fingerprint density at radius 2 is 1.70 bits per heavy atom. The van der Waals surface area contributed by atoms with Crippen LogP contribution in [0.15, 0.2) is 48.5 Å². The first-order valence-electron chi connectivity index (χ1n) is 8.46. The molecule has 7 heteroatoms. The van der Waals surface area contributed by atoms with Crippen molar-refractivity contribution in [2.24, 2.45) is 0 Å². The highest BCUT2D eigenvalue weighted by atomic mass is 16.5. The van der Waals surface area contributed by atoms with Gasteiger partial charge in [-0.2, -0.15) is 0 Å². The number of nitrogens with zero attached hydrogens (tertiary/aromatic N) is 1. The fourth-order valence-corrected chi connectivity index (χ4v) is 2.08. The number of carbonyl (C=O) groups is 2. The Kier molecular flexibility index (Phi) is 7.63. The maximum atomic E-state index is 12.4. The molecule has 0 aromatic heterocycles. The van der Waals surface area contributed by atoms with Crippen LogP contribution in [0.2, 0.25) is 0 Å². The number of rotatable bonds is 9. The molecular formula is C20H24N2O5. The molecule has 0 fully saturated rings. The zero-order chi connectivity index (χ0) is 19.6. The third-order valence-electron chi connectivity index (χ3n) is 3.63. The van der Waals surface area contributed by atoms with Crippen LogP contribution in [0.25, 0.3) is 0 Å². The van der Waals surface area contributed by atoms with Gasteiger partial charge in [-0.05, 0) is 42.5 Å². The van der Waals surface area contributed by atoms with Gasteiger partial charge in [0.25, 0.3) is 11.8 Å². The van der Waals surface area contributed by atoms with E-state index < -0.39 is 0 Å². The molecule has 0 spiro atoms. The van der Waals surface area contributed by atoms with Gasteiger partial charge in [-0.15, -0.1) is 0 Å².